The molecule has 0 radical (unpaired) electrons. The number of aromatic amines is 1. The van der Waals surface area contributed by atoms with E-state index in [1.807, 2.05) is 12.1 Å². The second-order valence-electron chi connectivity index (χ2n) is 5.94. The molecule has 0 unspecified atom stereocenters. The minimum absolute atomic E-state index is 0.0952. The maximum absolute atomic E-state index is 12.5. The minimum Gasteiger partial charge on any atom is -0.454 e. The van der Waals surface area contributed by atoms with Crippen molar-refractivity contribution in [3.05, 3.63) is 41.5 Å². The Balaban J connectivity index is 1.69. The van der Waals surface area contributed by atoms with Gasteiger partial charge in [-0.1, -0.05) is 6.08 Å². The van der Waals surface area contributed by atoms with Gasteiger partial charge in [0.2, 0.25) is 6.79 Å². The van der Waals surface area contributed by atoms with Crippen LogP contribution in [-0.2, 0) is 0 Å². The van der Waals surface area contributed by atoms with Gasteiger partial charge in [0.1, 0.15) is 11.8 Å². The van der Waals surface area contributed by atoms with E-state index in [-0.39, 0.29) is 18.3 Å². The van der Waals surface area contributed by atoms with Crippen molar-refractivity contribution < 1.29 is 14.3 Å². The van der Waals surface area contributed by atoms with Gasteiger partial charge >= 0.3 is 0 Å². The van der Waals surface area contributed by atoms with Crippen molar-refractivity contribution in [3.63, 3.8) is 0 Å². The first-order chi connectivity index (χ1) is 12.2. The second kappa shape index (κ2) is 6.32. The van der Waals surface area contributed by atoms with Crippen molar-refractivity contribution in [3.8, 4) is 17.6 Å². The first-order valence-electron chi connectivity index (χ1n) is 8.14. The maximum Gasteiger partial charge on any atom is 0.291 e. The van der Waals surface area contributed by atoms with Gasteiger partial charge in [0.15, 0.2) is 17.3 Å². The highest BCUT2D eigenvalue weighted by atomic mass is 16.7. The number of benzene rings is 1. The number of aromatic nitrogens is 2. The molecular weight excluding hydrogens is 320 g/mol. The van der Waals surface area contributed by atoms with Gasteiger partial charge in [0, 0.05) is 11.6 Å². The Bertz CT molecular complexity index is 908. The second-order valence-corrected chi connectivity index (χ2v) is 5.94. The number of nitrogens with one attached hydrogen (secondary N) is 2. The number of nitriles is 1. The zero-order valence-corrected chi connectivity index (χ0v) is 13.5. The number of fused-ring (bicyclic) bond motifs is 1. The molecule has 7 heteroatoms. The van der Waals surface area contributed by atoms with Crippen molar-refractivity contribution in [1.29, 1.82) is 5.26 Å². The Hall–Kier alpha value is -3.27. The Morgan fingerprint density at radius 3 is 2.84 bits per heavy atom. The fourth-order valence-electron chi connectivity index (χ4n) is 3.07. The van der Waals surface area contributed by atoms with E-state index in [9.17, 15) is 4.79 Å². The number of hydrogen-bond donors (Lipinski definition) is 2. The molecule has 7 nitrogen and oxygen atoms in total. The predicted molar refractivity (Wildman–Crippen MR) is 90.3 cm³/mol. The molecule has 2 aromatic rings. The summed E-state index contributed by atoms with van der Waals surface area (Å²) in [5.41, 5.74) is 3.02. The fourth-order valence-corrected chi connectivity index (χ4v) is 3.07. The molecule has 0 saturated heterocycles. The molecule has 25 heavy (non-hydrogen) atoms. The zero-order valence-electron chi connectivity index (χ0n) is 13.5. The number of hydrogen-bond acceptors (Lipinski definition) is 5. The SMILES string of the molecule is N#Cc1cnc(C(=O)Nc2cc3c(cc2C2=CCCCC2)OCO3)[nH]1. The summed E-state index contributed by atoms with van der Waals surface area (Å²) in [6.07, 6.45) is 7.83. The van der Waals surface area contributed by atoms with Gasteiger partial charge in [-0.05, 0) is 37.3 Å². The van der Waals surface area contributed by atoms with E-state index in [0.717, 1.165) is 24.8 Å². The Kier molecular flexibility index (Phi) is 3.86. The molecule has 1 aromatic heterocycles. The van der Waals surface area contributed by atoms with Crippen LogP contribution in [0.25, 0.3) is 5.57 Å². The summed E-state index contributed by atoms with van der Waals surface area (Å²) in [6, 6.07) is 5.61. The standard InChI is InChI=1S/C18H16N4O3/c19-8-12-9-20-17(21-12)18(23)22-14-7-16-15(24-10-25-16)6-13(14)11-4-2-1-3-5-11/h4,6-7,9H,1-3,5,10H2,(H,20,21)(H,22,23). The first kappa shape index (κ1) is 15.3. The fraction of sp³-hybridized carbons (Fsp3) is 0.278. The van der Waals surface area contributed by atoms with Crippen LogP contribution >= 0.6 is 0 Å². The average Bonchev–Trinajstić information content (AvgIpc) is 3.30. The summed E-state index contributed by atoms with van der Waals surface area (Å²) in [5, 5.41) is 11.7. The molecule has 0 fully saturated rings. The molecule has 1 aliphatic heterocycles. The Morgan fingerprint density at radius 1 is 1.28 bits per heavy atom. The number of allylic oxidation sites excluding steroid dienone is 2. The van der Waals surface area contributed by atoms with Crippen LogP contribution in [0.15, 0.2) is 24.4 Å². The number of amides is 1. The summed E-state index contributed by atoms with van der Waals surface area (Å²) in [5.74, 6) is 0.979. The van der Waals surface area contributed by atoms with Gasteiger partial charge in [-0.2, -0.15) is 5.26 Å². The monoisotopic (exact) mass is 336 g/mol. The number of imidazole rings is 1. The molecule has 1 aromatic carbocycles. The topological polar surface area (TPSA) is 100 Å². The smallest absolute Gasteiger partial charge is 0.291 e. The van der Waals surface area contributed by atoms with Crippen LogP contribution in [0.3, 0.4) is 0 Å². The van der Waals surface area contributed by atoms with E-state index in [2.05, 4.69) is 21.4 Å². The summed E-state index contributed by atoms with van der Waals surface area (Å²) in [7, 11) is 0. The summed E-state index contributed by atoms with van der Waals surface area (Å²) in [4.78, 5) is 19.1. The van der Waals surface area contributed by atoms with Gasteiger partial charge in [-0.25, -0.2) is 4.98 Å². The third-order valence-electron chi connectivity index (χ3n) is 4.31. The Morgan fingerprint density at radius 2 is 2.12 bits per heavy atom. The molecule has 0 saturated carbocycles. The van der Waals surface area contributed by atoms with E-state index in [1.54, 1.807) is 6.07 Å². The largest absolute Gasteiger partial charge is 0.454 e. The predicted octanol–water partition coefficient (Wildman–Crippen LogP) is 3.22. The van der Waals surface area contributed by atoms with Crippen LogP contribution < -0.4 is 14.8 Å². The van der Waals surface area contributed by atoms with Crippen LogP contribution in [0.5, 0.6) is 11.5 Å². The highest BCUT2D eigenvalue weighted by molar-refractivity contribution is 6.03. The zero-order chi connectivity index (χ0) is 17.2. The molecule has 2 aliphatic rings. The highest BCUT2D eigenvalue weighted by Gasteiger charge is 2.22. The van der Waals surface area contributed by atoms with Gasteiger partial charge in [-0.3, -0.25) is 4.79 Å². The molecule has 4 rings (SSSR count). The number of H-pyrrole nitrogens is 1. The van der Waals surface area contributed by atoms with Crippen molar-refractivity contribution in [2.75, 3.05) is 12.1 Å². The number of carbonyl (C=O) groups is 1. The third-order valence-corrected chi connectivity index (χ3v) is 4.31. The molecule has 1 aliphatic carbocycles. The highest BCUT2D eigenvalue weighted by Crippen LogP contribution is 2.41. The van der Waals surface area contributed by atoms with Crippen LogP contribution in [0.4, 0.5) is 5.69 Å². The minimum atomic E-state index is -0.405. The lowest BCUT2D eigenvalue weighted by Gasteiger charge is -2.17. The van der Waals surface area contributed by atoms with Crippen molar-refractivity contribution >= 4 is 17.2 Å². The molecule has 1 amide bonds. The lowest BCUT2D eigenvalue weighted by atomic mass is 9.92. The van der Waals surface area contributed by atoms with Crippen molar-refractivity contribution in [2.45, 2.75) is 25.7 Å². The summed E-state index contributed by atoms with van der Waals surface area (Å²) in [6.45, 7) is 0.176. The normalized spacial score (nSPS) is 15.4. The quantitative estimate of drug-likeness (QED) is 0.896. The van der Waals surface area contributed by atoms with Gasteiger partial charge in [-0.15, -0.1) is 0 Å². The lowest BCUT2D eigenvalue weighted by molar-refractivity contribution is 0.101. The van der Waals surface area contributed by atoms with Crippen LogP contribution in [0.1, 0.15) is 47.6 Å². The van der Waals surface area contributed by atoms with E-state index >= 15 is 0 Å². The number of ether oxygens (including phenoxy) is 2. The molecule has 126 valence electrons. The van der Waals surface area contributed by atoms with E-state index < -0.39 is 5.91 Å². The van der Waals surface area contributed by atoms with Crippen molar-refractivity contribution in [1.82, 2.24) is 9.97 Å². The van der Waals surface area contributed by atoms with Crippen molar-refractivity contribution in [2.24, 2.45) is 0 Å². The van der Waals surface area contributed by atoms with E-state index in [4.69, 9.17) is 14.7 Å². The molecule has 2 N–H and O–H groups in total. The van der Waals surface area contributed by atoms with Gasteiger partial charge < -0.3 is 19.8 Å². The summed E-state index contributed by atoms with van der Waals surface area (Å²) >= 11 is 0. The van der Waals surface area contributed by atoms with E-state index in [0.29, 0.717) is 17.2 Å². The maximum atomic E-state index is 12.5. The van der Waals surface area contributed by atoms with Crippen LogP contribution in [0, 0.1) is 11.3 Å². The third kappa shape index (κ3) is 2.94. The molecule has 0 spiro atoms. The molecule has 2 heterocycles. The first-order valence-corrected chi connectivity index (χ1v) is 8.14. The van der Waals surface area contributed by atoms with Crippen LogP contribution in [-0.4, -0.2) is 22.7 Å². The molecular formula is C18H16N4O3. The number of rotatable bonds is 3. The lowest BCUT2D eigenvalue weighted by Crippen LogP contribution is -2.15. The number of nitrogens with zero attached hydrogens (tertiary/aromatic N) is 2. The van der Waals surface area contributed by atoms with Gasteiger partial charge in [0.25, 0.3) is 5.91 Å². The molecule has 0 bridgehead atoms. The Labute approximate surface area is 144 Å². The average molecular weight is 336 g/mol. The van der Waals surface area contributed by atoms with Gasteiger partial charge in [0.05, 0.1) is 11.9 Å². The molecule has 0 atom stereocenters. The number of anilines is 1. The van der Waals surface area contributed by atoms with Crippen LogP contribution in [0.2, 0.25) is 0 Å². The number of carbonyl (C=O) groups excluding carboxylic acids is 1. The summed E-state index contributed by atoms with van der Waals surface area (Å²) < 4.78 is 10.9. The van der Waals surface area contributed by atoms with E-state index in [1.165, 1.54) is 18.2 Å².